The van der Waals surface area contributed by atoms with Gasteiger partial charge in [0, 0.05) is 4.92 Å². The van der Waals surface area contributed by atoms with Gasteiger partial charge in [-0.1, -0.05) is 125 Å². The van der Waals surface area contributed by atoms with Crippen molar-refractivity contribution in [2.45, 2.75) is 75.9 Å². The smallest absolute Gasteiger partial charge is 0.226 e. The standard InChI is InChI=1S/C26H37NO2S/c1-2-3-4-5-6-7-8-9-10-17-22-30-26(23-27(28)29,24-18-13-11-14-19-24)25-20-15-12-16-21-25/h11-16,18-21H,2-10,17,22-23H2,1H3. The van der Waals surface area contributed by atoms with Crippen molar-refractivity contribution < 1.29 is 4.92 Å². The Morgan fingerprint density at radius 3 is 1.60 bits per heavy atom. The number of unbranched alkanes of at least 4 members (excludes halogenated alkanes) is 9. The molecule has 0 N–H and O–H groups in total. The lowest BCUT2D eigenvalue weighted by molar-refractivity contribution is -0.484. The summed E-state index contributed by atoms with van der Waals surface area (Å²) in [7, 11) is 0. The molecule has 2 aromatic carbocycles. The molecule has 4 heteroatoms. The molecule has 0 saturated heterocycles. The van der Waals surface area contributed by atoms with Gasteiger partial charge in [0.05, 0.1) is 0 Å². The molecule has 0 unspecified atom stereocenters. The third kappa shape index (κ3) is 8.14. The van der Waals surface area contributed by atoms with E-state index in [0.29, 0.717) is 0 Å². The van der Waals surface area contributed by atoms with Crippen LogP contribution in [0.15, 0.2) is 60.7 Å². The average Bonchev–Trinajstić information content (AvgIpc) is 2.77. The van der Waals surface area contributed by atoms with Crippen LogP contribution in [0.4, 0.5) is 0 Å². The van der Waals surface area contributed by atoms with Crippen LogP contribution in [0.5, 0.6) is 0 Å². The van der Waals surface area contributed by atoms with E-state index < -0.39 is 4.75 Å². The second-order valence-electron chi connectivity index (χ2n) is 8.08. The fourth-order valence-corrected chi connectivity index (χ4v) is 5.49. The van der Waals surface area contributed by atoms with E-state index >= 15 is 0 Å². The van der Waals surface area contributed by atoms with Gasteiger partial charge in [-0.15, -0.1) is 11.8 Å². The van der Waals surface area contributed by atoms with Crippen molar-refractivity contribution >= 4 is 11.8 Å². The fourth-order valence-electron chi connectivity index (χ4n) is 3.99. The Hall–Kier alpha value is -1.81. The number of rotatable bonds is 16. The van der Waals surface area contributed by atoms with Gasteiger partial charge in [-0.3, -0.25) is 10.1 Å². The van der Waals surface area contributed by atoms with E-state index in [0.717, 1.165) is 23.3 Å². The molecule has 2 aromatic rings. The molecule has 0 amide bonds. The summed E-state index contributed by atoms with van der Waals surface area (Å²) in [6.45, 7) is 2.16. The maximum absolute atomic E-state index is 11.7. The molecule has 0 fully saturated rings. The van der Waals surface area contributed by atoms with E-state index in [9.17, 15) is 10.1 Å². The summed E-state index contributed by atoms with van der Waals surface area (Å²) in [5.41, 5.74) is 2.04. The van der Waals surface area contributed by atoms with Crippen molar-refractivity contribution in [3.63, 3.8) is 0 Å². The van der Waals surface area contributed by atoms with E-state index in [1.54, 1.807) is 11.8 Å². The summed E-state index contributed by atoms with van der Waals surface area (Å²) >= 11 is 1.74. The van der Waals surface area contributed by atoms with Crippen molar-refractivity contribution in [2.24, 2.45) is 0 Å². The first-order chi connectivity index (χ1) is 14.7. The molecule has 30 heavy (non-hydrogen) atoms. The maximum Gasteiger partial charge on any atom is 0.226 e. The van der Waals surface area contributed by atoms with Crippen LogP contribution in [0.1, 0.15) is 82.3 Å². The van der Waals surface area contributed by atoms with Crippen LogP contribution in [-0.2, 0) is 4.75 Å². The summed E-state index contributed by atoms with van der Waals surface area (Å²) in [5, 5.41) is 11.7. The lowest BCUT2D eigenvalue weighted by Gasteiger charge is -2.31. The second-order valence-corrected chi connectivity index (χ2v) is 9.47. The van der Waals surface area contributed by atoms with Crippen LogP contribution in [-0.4, -0.2) is 17.2 Å². The molecule has 164 valence electrons. The predicted octanol–water partition coefficient (Wildman–Crippen LogP) is 7.86. The third-order valence-electron chi connectivity index (χ3n) is 5.68. The zero-order valence-electron chi connectivity index (χ0n) is 18.4. The van der Waals surface area contributed by atoms with Crippen molar-refractivity contribution in [1.29, 1.82) is 0 Å². The Kier molecular flexibility index (Phi) is 11.6. The Morgan fingerprint density at radius 2 is 1.17 bits per heavy atom. The summed E-state index contributed by atoms with van der Waals surface area (Å²) in [6.07, 6.45) is 13.0. The molecule has 0 spiro atoms. The monoisotopic (exact) mass is 427 g/mol. The van der Waals surface area contributed by atoms with Crippen molar-refractivity contribution in [1.82, 2.24) is 0 Å². The molecule has 0 aliphatic heterocycles. The highest BCUT2D eigenvalue weighted by molar-refractivity contribution is 8.00. The van der Waals surface area contributed by atoms with Crippen molar-refractivity contribution in [2.75, 3.05) is 12.3 Å². The Balaban J connectivity index is 1.91. The van der Waals surface area contributed by atoms with E-state index in [4.69, 9.17) is 0 Å². The Labute approximate surface area is 186 Å². The SMILES string of the molecule is CCCCCCCCCCCCSC(C[N+](=O)[O-])(c1ccccc1)c1ccccc1. The molecule has 0 aliphatic carbocycles. The van der Waals surface area contributed by atoms with Gasteiger partial charge in [-0.05, 0) is 23.3 Å². The number of benzene rings is 2. The van der Waals surface area contributed by atoms with Crippen LogP contribution < -0.4 is 0 Å². The first-order valence-electron chi connectivity index (χ1n) is 11.6. The Bertz CT molecular complexity index is 666. The number of hydrogen-bond acceptors (Lipinski definition) is 3. The number of thioether (sulfide) groups is 1. The molecular formula is C26H37NO2S. The molecule has 2 rings (SSSR count). The minimum Gasteiger partial charge on any atom is -0.264 e. The van der Waals surface area contributed by atoms with Gasteiger partial charge in [-0.2, -0.15) is 0 Å². The minimum atomic E-state index is -0.634. The zero-order valence-corrected chi connectivity index (χ0v) is 19.2. The van der Waals surface area contributed by atoms with Crippen LogP contribution in [0.3, 0.4) is 0 Å². The van der Waals surface area contributed by atoms with Crippen LogP contribution in [0, 0.1) is 10.1 Å². The Morgan fingerprint density at radius 1 is 0.733 bits per heavy atom. The molecular weight excluding hydrogens is 390 g/mol. The van der Waals surface area contributed by atoms with Crippen molar-refractivity contribution in [3.05, 3.63) is 81.9 Å². The molecule has 0 aromatic heterocycles. The summed E-state index contributed by atoms with van der Waals surface area (Å²) in [5.74, 6) is 0.939. The molecule has 3 nitrogen and oxygen atoms in total. The second kappa shape index (κ2) is 14.2. The largest absolute Gasteiger partial charge is 0.264 e. The molecule has 0 heterocycles. The van der Waals surface area contributed by atoms with E-state index in [2.05, 4.69) is 6.92 Å². The van der Waals surface area contributed by atoms with Gasteiger partial charge >= 0.3 is 0 Å². The van der Waals surface area contributed by atoms with Crippen LogP contribution in [0.25, 0.3) is 0 Å². The van der Waals surface area contributed by atoms with E-state index in [1.807, 2.05) is 60.7 Å². The highest BCUT2D eigenvalue weighted by Crippen LogP contribution is 2.43. The van der Waals surface area contributed by atoms with Gasteiger partial charge in [0.2, 0.25) is 6.54 Å². The first-order valence-corrected chi connectivity index (χ1v) is 12.5. The van der Waals surface area contributed by atoms with Gasteiger partial charge in [-0.25, -0.2) is 0 Å². The highest BCUT2D eigenvalue weighted by Gasteiger charge is 2.40. The number of nitrogens with zero attached hydrogens (tertiary/aromatic N) is 1. The van der Waals surface area contributed by atoms with E-state index in [-0.39, 0.29) is 11.5 Å². The fraction of sp³-hybridized carbons (Fsp3) is 0.538. The van der Waals surface area contributed by atoms with Gasteiger partial charge in [0.25, 0.3) is 0 Å². The van der Waals surface area contributed by atoms with Gasteiger partial charge in [0.1, 0.15) is 4.75 Å². The van der Waals surface area contributed by atoms with Crippen molar-refractivity contribution in [3.8, 4) is 0 Å². The van der Waals surface area contributed by atoms with Crippen LogP contribution >= 0.6 is 11.8 Å². The van der Waals surface area contributed by atoms with Gasteiger partial charge < -0.3 is 0 Å². The normalized spacial score (nSPS) is 11.5. The number of hydrogen-bond donors (Lipinski definition) is 0. The summed E-state index contributed by atoms with van der Waals surface area (Å²) in [6, 6.07) is 20.0. The topological polar surface area (TPSA) is 43.1 Å². The summed E-state index contributed by atoms with van der Waals surface area (Å²) in [4.78, 5) is 11.5. The molecule has 0 saturated carbocycles. The minimum absolute atomic E-state index is 0.0938. The first kappa shape index (κ1) is 24.5. The molecule has 0 bridgehead atoms. The number of nitro groups is 1. The van der Waals surface area contributed by atoms with E-state index in [1.165, 1.54) is 57.8 Å². The predicted molar refractivity (Wildman–Crippen MR) is 130 cm³/mol. The third-order valence-corrected chi connectivity index (χ3v) is 7.26. The quantitative estimate of drug-likeness (QED) is 0.155. The maximum atomic E-state index is 11.7. The average molecular weight is 428 g/mol. The lowest BCUT2D eigenvalue weighted by Crippen LogP contribution is -2.33. The lowest BCUT2D eigenvalue weighted by atomic mass is 9.90. The zero-order chi connectivity index (χ0) is 21.5. The molecule has 0 atom stereocenters. The van der Waals surface area contributed by atoms with Gasteiger partial charge in [0.15, 0.2) is 0 Å². The molecule has 0 radical (unpaired) electrons. The van der Waals surface area contributed by atoms with Crippen LogP contribution in [0.2, 0.25) is 0 Å². The molecule has 0 aliphatic rings. The summed E-state index contributed by atoms with van der Waals surface area (Å²) < 4.78 is -0.634. The highest BCUT2D eigenvalue weighted by atomic mass is 32.2.